The molecule has 0 aliphatic carbocycles. The lowest BCUT2D eigenvalue weighted by Crippen LogP contribution is -2.33. The number of nitrogens with one attached hydrogen (secondary N) is 1. The Bertz CT molecular complexity index is 368. The summed E-state index contributed by atoms with van der Waals surface area (Å²) in [6.07, 6.45) is 3.39. The highest BCUT2D eigenvalue weighted by molar-refractivity contribution is 7.85. The Balaban J connectivity index is 2.12. The summed E-state index contributed by atoms with van der Waals surface area (Å²) in [4.78, 5) is 7.76. The molecule has 1 saturated heterocycles. The van der Waals surface area contributed by atoms with Gasteiger partial charge in [0.1, 0.15) is 5.03 Å². The van der Waals surface area contributed by atoms with Gasteiger partial charge in [-0.05, 0) is 43.6 Å². The standard InChI is InChI=1S/C9H12ClN3OS/c10-9-12-6-3-8(13-9)15(14)7-1-4-11-5-2-7/h3,6-7,11H,1-2,4-5H2/t15-/m1/s1. The van der Waals surface area contributed by atoms with Crippen LogP contribution >= 0.6 is 11.6 Å². The predicted molar refractivity (Wildman–Crippen MR) is 59.3 cm³/mol. The van der Waals surface area contributed by atoms with Gasteiger partial charge in [0.2, 0.25) is 5.28 Å². The van der Waals surface area contributed by atoms with Gasteiger partial charge < -0.3 is 5.32 Å². The molecule has 15 heavy (non-hydrogen) atoms. The van der Waals surface area contributed by atoms with Crippen LogP contribution in [-0.2, 0) is 10.8 Å². The molecule has 1 fully saturated rings. The largest absolute Gasteiger partial charge is 0.317 e. The second-order valence-corrected chi connectivity index (χ2v) is 5.43. The van der Waals surface area contributed by atoms with Crippen LogP contribution in [0.4, 0.5) is 0 Å². The Morgan fingerprint density at radius 3 is 2.87 bits per heavy atom. The van der Waals surface area contributed by atoms with Gasteiger partial charge in [-0.2, -0.15) is 0 Å². The highest BCUT2D eigenvalue weighted by atomic mass is 35.5. The van der Waals surface area contributed by atoms with Crippen molar-refractivity contribution in [3.8, 4) is 0 Å². The minimum absolute atomic E-state index is 0.162. The number of aromatic nitrogens is 2. The number of halogens is 1. The molecule has 2 rings (SSSR count). The predicted octanol–water partition coefficient (Wildman–Crippen LogP) is 0.990. The lowest BCUT2D eigenvalue weighted by Gasteiger charge is -2.21. The topological polar surface area (TPSA) is 54.9 Å². The van der Waals surface area contributed by atoms with E-state index in [1.54, 1.807) is 12.3 Å². The van der Waals surface area contributed by atoms with Gasteiger partial charge >= 0.3 is 0 Å². The van der Waals surface area contributed by atoms with Crippen LogP contribution in [0.5, 0.6) is 0 Å². The molecule has 0 saturated carbocycles. The number of hydrogen-bond donors (Lipinski definition) is 1. The van der Waals surface area contributed by atoms with Crippen LogP contribution in [-0.4, -0.2) is 32.5 Å². The second-order valence-electron chi connectivity index (χ2n) is 3.41. The number of nitrogens with zero attached hydrogens (tertiary/aromatic N) is 2. The summed E-state index contributed by atoms with van der Waals surface area (Å²) >= 11 is 5.66. The summed E-state index contributed by atoms with van der Waals surface area (Å²) < 4.78 is 12.1. The van der Waals surface area contributed by atoms with Crippen LogP contribution in [0, 0.1) is 0 Å². The smallest absolute Gasteiger partial charge is 0.223 e. The van der Waals surface area contributed by atoms with E-state index in [2.05, 4.69) is 15.3 Å². The SMILES string of the molecule is O=[S@@](c1ccnc(Cl)n1)C1CCNCC1. The number of hydrogen-bond acceptors (Lipinski definition) is 4. The Morgan fingerprint density at radius 2 is 2.20 bits per heavy atom. The van der Waals surface area contributed by atoms with Crippen LogP contribution < -0.4 is 5.32 Å². The second kappa shape index (κ2) is 5.01. The van der Waals surface area contributed by atoms with E-state index >= 15 is 0 Å². The molecule has 82 valence electrons. The Kier molecular flexibility index (Phi) is 3.66. The van der Waals surface area contributed by atoms with E-state index in [9.17, 15) is 4.21 Å². The molecule has 0 amide bonds. The van der Waals surface area contributed by atoms with Crippen molar-refractivity contribution in [2.24, 2.45) is 0 Å². The molecule has 6 heteroatoms. The molecule has 1 aliphatic rings. The number of piperidine rings is 1. The first-order valence-corrected chi connectivity index (χ1v) is 6.46. The highest BCUT2D eigenvalue weighted by Crippen LogP contribution is 2.17. The van der Waals surface area contributed by atoms with E-state index in [1.807, 2.05) is 0 Å². The fourth-order valence-electron chi connectivity index (χ4n) is 1.61. The number of rotatable bonds is 2. The van der Waals surface area contributed by atoms with Crippen molar-refractivity contribution in [1.82, 2.24) is 15.3 Å². The van der Waals surface area contributed by atoms with E-state index in [4.69, 9.17) is 11.6 Å². The molecule has 0 unspecified atom stereocenters. The van der Waals surface area contributed by atoms with Crippen LogP contribution in [0.15, 0.2) is 17.3 Å². The molecular formula is C9H12ClN3OS. The molecule has 1 N–H and O–H groups in total. The molecule has 4 nitrogen and oxygen atoms in total. The molecule has 0 radical (unpaired) electrons. The fourth-order valence-corrected chi connectivity index (χ4v) is 3.19. The Hall–Kier alpha value is -0.520. The molecule has 1 aliphatic heterocycles. The lowest BCUT2D eigenvalue weighted by molar-refractivity contribution is 0.518. The lowest BCUT2D eigenvalue weighted by atomic mass is 10.2. The van der Waals surface area contributed by atoms with E-state index in [-0.39, 0.29) is 10.5 Å². The molecule has 0 aromatic carbocycles. The molecular weight excluding hydrogens is 234 g/mol. The van der Waals surface area contributed by atoms with E-state index in [1.165, 1.54) is 0 Å². The van der Waals surface area contributed by atoms with Gasteiger partial charge in [-0.25, -0.2) is 9.97 Å². The summed E-state index contributed by atoms with van der Waals surface area (Å²) in [6, 6.07) is 1.67. The third kappa shape index (κ3) is 2.74. The summed E-state index contributed by atoms with van der Waals surface area (Å²) in [7, 11) is -1.06. The van der Waals surface area contributed by atoms with Crippen LogP contribution in [0.2, 0.25) is 5.28 Å². The maximum atomic E-state index is 12.1. The average molecular weight is 246 g/mol. The first-order chi connectivity index (χ1) is 7.27. The fraction of sp³-hybridized carbons (Fsp3) is 0.556. The van der Waals surface area contributed by atoms with Crippen molar-refractivity contribution in [2.45, 2.75) is 23.1 Å². The van der Waals surface area contributed by atoms with Crippen LogP contribution in [0.3, 0.4) is 0 Å². The van der Waals surface area contributed by atoms with Gasteiger partial charge in [0, 0.05) is 11.4 Å². The molecule has 1 atom stereocenters. The monoisotopic (exact) mass is 245 g/mol. The highest BCUT2D eigenvalue weighted by Gasteiger charge is 2.21. The van der Waals surface area contributed by atoms with Crippen molar-refractivity contribution in [3.63, 3.8) is 0 Å². The Labute approximate surface area is 95.9 Å². The zero-order chi connectivity index (χ0) is 10.7. The van der Waals surface area contributed by atoms with E-state index < -0.39 is 10.8 Å². The molecule has 0 bridgehead atoms. The van der Waals surface area contributed by atoms with E-state index in [0.717, 1.165) is 25.9 Å². The van der Waals surface area contributed by atoms with Gasteiger partial charge in [0.25, 0.3) is 0 Å². The van der Waals surface area contributed by atoms with Gasteiger partial charge in [0.15, 0.2) is 0 Å². The summed E-state index contributed by atoms with van der Waals surface area (Å²) in [5, 5.41) is 4.14. The van der Waals surface area contributed by atoms with Crippen molar-refractivity contribution in [2.75, 3.05) is 13.1 Å². The molecule has 2 heterocycles. The quantitative estimate of drug-likeness (QED) is 0.624. The average Bonchev–Trinajstić information content (AvgIpc) is 2.29. The zero-order valence-corrected chi connectivity index (χ0v) is 9.72. The van der Waals surface area contributed by atoms with Crippen molar-refractivity contribution >= 4 is 22.4 Å². The van der Waals surface area contributed by atoms with Crippen molar-refractivity contribution in [3.05, 3.63) is 17.5 Å². The maximum Gasteiger partial charge on any atom is 0.223 e. The summed E-state index contributed by atoms with van der Waals surface area (Å²) in [6.45, 7) is 1.85. The third-order valence-electron chi connectivity index (χ3n) is 2.40. The zero-order valence-electron chi connectivity index (χ0n) is 8.15. The molecule has 1 aromatic heterocycles. The first-order valence-electron chi connectivity index (χ1n) is 4.87. The summed E-state index contributed by atoms with van der Waals surface area (Å²) in [5.41, 5.74) is 0. The minimum atomic E-state index is -1.06. The minimum Gasteiger partial charge on any atom is -0.317 e. The van der Waals surface area contributed by atoms with Gasteiger partial charge in [-0.15, -0.1) is 0 Å². The third-order valence-corrected chi connectivity index (χ3v) is 4.29. The van der Waals surface area contributed by atoms with Crippen molar-refractivity contribution in [1.29, 1.82) is 0 Å². The molecule has 1 aromatic rings. The van der Waals surface area contributed by atoms with Gasteiger partial charge in [-0.1, -0.05) is 0 Å². The maximum absolute atomic E-state index is 12.1. The van der Waals surface area contributed by atoms with Crippen molar-refractivity contribution < 1.29 is 4.21 Å². The van der Waals surface area contributed by atoms with Gasteiger partial charge in [-0.3, -0.25) is 4.21 Å². The normalized spacial score (nSPS) is 20.1. The van der Waals surface area contributed by atoms with Crippen LogP contribution in [0.1, 0.15) is 12.8 Å². The van der Waals surface area contributed by atoms with E-state index in [0.29, 0.717) is 5.03 Å². The first kappa shape index (κ1) is 11.0. The van der Waals surface area contributed by atoms with Gasteiger partial charge in [0.05, 0.1) is 10.8 Å². The Morgan fingerprint density at radius 1 is 1.47 bits per heavy atom. The summed E-state index contributed by atoms with van der Waals surface area (Å²) in [5.74, 6) is 0. The molecule has 0 spiro atoms. The van der Waals surface area contributed by atoms with Crippen LogP contribution in [0.25, 0.3) is 0 Å².